The summed E-state index contributed by atoms with van der Waals surface area (Å²) in [7, 11) is 0. The molecule has 110 valence electrons. The van der Waals surface area contributed by atoms with E-state index in [1.807, 2.05) is 36.4 Å². The topological polar surface area (TPSA) is 29.1 Å². The van der Waals surface area contributed by atoms with Gasteiger partial charge in [0.2, 0.25) is 5.91 Å². The number of amides is 1. The molecule has 0 aliphatic heterocycles. The van der Waals surface area contributed by atoms with Gasteiger partial charge in [0, 0.05) is 10.2 Å². The Morgan fingerprint density at radius 3 is 2.29 bits per heavy atom. The molecule has 0 bridgehead atoms. The number of rotatable bonds is 5. The molecule has 1 N–H and O–H groups in total. The number of carbonyl (C=O) groups is 1. The van der Waals surface area contributed by atoms with Crippen LogP contribution in [0.4, 0.5) is 5.69 Å². The average Bonchev–Trinajstić information content (AvgIpc) is 2.49. The zero-order valence-electron chi connectivity index (χ0n) is 12.4. The fourth-order valence-electron chi connectivity index (χ4n) is 2.12. The van der Waals surface area contributed by atoms with Crippen LogP contribution in [0.2, 0.25) is 0 Å². The molecule has 0 spiro atoms. The van der Waals surface area contributed by atoms with Crippen molar-refractivity contribution in [1.82, 2.24) is 0 Å². The third-order valence-electron chi connectivity index (χ3n) is 3.65. The quantitative estimate of drug-likeness (QED) is 0.798. The van der Waals surface area contributed by atoms with Crippen molar-refractivity contribution in [2.75, 3.05) is 5.32 Å². The van der Waals surface area contributed by atoms with E-state index in [-0.39, 0.29) is 5.91 Å². The molecule has 0 saturated carbocycles. The minimum atomic E-state index is 0.00797. The first kappa shape index (κ1) is 15.8. The predicted octanol–water partition coefficient (Wildman–Crippen LogP) is 5.14. The van der Waals surface area contributed by atoms with E-state index in [1.165, 1.54) is 5.56 Å². The van der Waals surface area contributed by atoms with Gasteiger partial charge in [-0.2, -0.15) is 0 Å². The van der Waals surface area contributed by atoms with E-state index >= 15 is 0 Å². The van der Waals surface area contributed by atoms with Crippen LogP contribution in [0.15, 0.2) is 53.0 Å². The van der Waals surface area contributed by atoms with Gasteiger partial charge in [0.15, 0.2) is 0 Å². The maximum absolute atomic E-state index is 12.0. The minimum absolute atomic E-state index is 0.00797. The van der Waals surface area contributed by atoms with Crippen molar-refractivity contribution in [3.05, 3.63) is 64.1 Å². The molecular weight excluding hydrogens is 326 g/mol. The van der Waals surface area contributed by atoms with Gasteiger partial charge in [-0.3, -0.25) is 4.79 Å². The number of anilines is 1. The van der Waals surface area contributed by atoms with Crippen molar-refractivity contribution in [3.8, 4) is 0 Å². The van der Waals surface area contributed by atoms with Crippen LogP contribution in [-0.4, -0.2) is 5.91 Å². The Labute approximate surface area is 134 Å². The molecular formula is C18H20BrNO. The van der Waals surface area contributed by atoms with Crippen LogP contribution < -0.4 is 5.32 Å². The van der Waals surface area contributed by atoms with Crippen LogP contribution in [0.25, 0.3) is 0 Å². The summed E-state index contributed by atoms with van der Waals surface area (Å²) in [6.45, 7) is 4.39. The molecule has 0 saturated heterocycles. The van der Waals surface area contributed by atoms with E-state index in [2.05, 4.69) is 47.2 Å². The average molecular weight is 346 g/mol. The van der Waals surface area contributed by atoms with Gasteiger partial charge < -0.3 is 5.32 Å². The van der Waals surface area contributed by atoms with Crippen LogP contribution in [0.3, 0.4) is 0 Å². The SMILES string of the molecule is CC[C@@H](C)c1ccc(NC(=O)Cc2ccc(Br)cc2)cc1. The highest BCUT2D eigenvalue weighted by Gasteiger charge is 2.06. The zero-order chi connectivity index (χ0) is 15.2. The molecule has 2 rings (SSSR count). The molecule has 0 fully saturated rings. The standard InChI is InChI=1S/C18H20BrNO/c1-3-13(2)15-6-10-17(11-7-15)20-18(21)12-14-4-8-16(19)9-5-14/h4-11,13H,3,12H2,1-2H3,(H,20,21)/t13-/m1/s1. The third-order valence-corrected chi connectivity index (χ3v) is 4.18. The Morgan fingerprint density at radius 2 is 1.71 bits per heavy atom. The van der Waals surface area contributed by atoms with Crippen LogP contribution in [0.5, 0.6) is 0 Å². The fourth-order valence-corrected chi connectivity index (χ4v) is 2.39. The van der Waals surface area contributed by atoms with Gasteiger partial charge in [-0.05, 0) is 47.7 Å². The van der Waals surface area contributed by atoms with E-state index in [4.69, 9.17) is 0 Å². The van der Waals surface area contributed by atoms with Crippen molar-refractivity contribution in [2.45, 2.75) is 32.6 Å². The van der Waals surface area contributed by atoms with E-state index in [0.29, 0.717) is 12.3 Å². The fraction of sp³-hybridized carbons (Fsp3) is 0.278. The lowest BCUT2D eigenvalue weighted by molar-refractivity contribution is -0.115. The van der Waals surface area contributed by atoms with Crippen LogP contribution >= 0.6 is 15.9 Å². The molecule has 2 aromatic rings. The molecule has 0 aliphatic rings. The number of benzene rings is 2. The first-order valence-corrected chi connectivity index (χ1v) is 8.02. The maximum Gasteiger partial charge on any atom is 0.228 e. The lowest BCUT2D eigenvalue weighted by atomic mass is 9.98. The van der Waals surface area contributed by atoms with Gasteiger partial charge in [0.1, 0.15) is 0 Å². The molecule has 3 heteroatoms. The van der Waals surface area contributed by atoms with Crippen molar-refractivity contribution >= 4 is 27.5 Å². The number of nitrogens with one attached hydrogen (secondary N) is 1. The van der Waals surface area contributed by atoms with Crippen molar-refractivity contribution in [3.63, 3.8) is 0 Å². The highest BCUT2D eigenvalue weighted by atomic mass is 79.9. The Kier molecular flexibility index (Phi) is 5.57. The van der Waals surface area contributed by atoms with Crippen molar-refractivity contribution < 1.29 is 4.79 Å². The van der Waals surface area contributed by atoms with Gasteiger partial charge in [-0.1, -0.05) is 54.0 Å². The first-order valence-electron chi connectivity index (χ1n) is 7.22. The van der Waals surface area contributed by atoms with Crippen LogP contribution in [0.1, 0.15) is 37.3 Å². The summed E-state index contributed by atoms with van der Waals surface area (Å²) in [6.07, 6.45) is 1.51. The maximum atomic E-state index is 12.0. The second-order valence-electron chi connectivity index (χ2n) is 5.28. The smallest absolute Gasteiger partial charge is 0.228 e. The summed E-state index contributed by atoms with van der Waals surface area (Å²) in [5, 5.41) is 2.94. The van der Waals surface area contributed by atoms with Crippen molar-refractivity contribution in [2.24, 2.45) is 0 Å². The Balaban J connectivity index is 1.94. The molecule has 2 nitrogen and oxygen atoms in total. The summed E-state index contributed by atoms with van der Waals surface area (Å²) in [4.78, 5) is 12.0. The van der Waals surface area contributed by atoms with Gasteiger partial charge in [0.25, 0.3) is 0 Å². The summed E-state index contributed by atoms with van der Waals surface area (Å²) in [5.41, 5.74) is 3.17. The van der Waals surface area contributed by atoms with Gasteiger partial charge >= 0.3 is 0 Å². The summed E-state index contributed by atoms with van der Waals surface area (Å²) >= 11 is 3.39. The monoisotopic (exact) mass is 345 g/mol. The lowest BCUT2D eigenvalue weighted by Crippen LogP contribution is -2.14. The largest absolute Gasteiger partial charge is 0.326 e. The Morgan fingerprint density at radius 1 is 1.10 bits per heavy atom. The van der Waals surface area contributed by atoms with Gasteiger partial charge in [-0.25, -0.2) is 0 Å². The van der Waals surface area contributed by atoms with E-state index < -0.39 is 0 Å². The van der Waals surface area contributed by atoms with Crippen molar-refractivity contribution in [1.29, 1.82) is 0 Å². The summed E-state index contributed by atoms with van der Waals surface area (Å²) in [6, 6.07) is 15.9. The van der Waals surface area contributed by atoms with E-state index in [0.717, 1.165) is 22.1 Å². The first-order chi connectivity index (χ1) is 10.1. The Hall–Kier alpha value is -1.61. The lowest BCUT2D eigenvalue weighted by Gasteiger charge is -2.10. The number of halogens is 1. The molecule has 0 radical (unpaired) electrons. The number of carbonyl (C=O) groups excluding carboxylic acids is 1. The Bertz CT molecular complexity index is 590. The molecule has 0 heterocycles. The third kappa shape index (κ3) is 4.71. The highest BCUT2D eigenvalue weighted by Crippen LogP contribution is 2.20. The zero-order valence-corrected chi connectivity index (χ0v) is 14.0. The van der Waals surface area contributed by atoms with Crippen LogP contribution in [-0.2, 0) is 11.2 Å². The highest BCUT2D eigenvalue weighted by molar-refractivity contribution is 9.10. The molecule has 21 heavy (non-hydrogen) atoms. The van der Waals surface area contributed by atoms with Crippen LogP contribution in [0, 0.1) is 0 Å². The van der Waals surface area contributed by atoms with Gasteiger partial charge in [0.05, 0.1) is 6.42 Å². The normalized spacial score (nSPS) is 12.0. The van der Waals surface area contributed by atoms with E-state index in [1.54, 1.807) is 0 Å². The number of hydrogen-bond acceptors (Lipinski definition) is 1. The molecule has 1 atom stereocenters. The summed E-state index contributed by atoms with van der Waals surface area (Å²) in [5.74, 6) is 0.561. The predicted molar refractivity (Wildman–Crippen MR) is 91.6 cm³/mol. The second-order valence-corrected chi connectivity index (χ2v) is 6.20. The minimum Gasteiger partial charge on any atom is -0.326 e. The van der Waals surface area contributed by atoms with Gasteiger partial charge in [-0.15, -0.1) is 0 Å². The molecule has 2 aromatic carbocycles. The molecule has 0 aliphatic carbocycles. The summed E-state index contributed by atoms with van der Waals surface area (Å²) < 4.78 is 1.02. The molecule has 0 unspecified atom stereocenters. The van der Waals surface area contributed by atoms with E-state index in [9.17, 15) is 4.79 Å². The molecule has 1 amide bonds. The second kappa shape index (κ2) is 7.41. The number of hydrogen-bond donors (Lipinski definition) is 1. The molecule has 0 aromatic heterocycles.